The van der Waals surface area contributed by atoms with E-state index in [0.717, 1.165) is 22.8 Å². The molecule has 16 heteroatoms. The quantitative estimate of drug-likeness (QED) is 0.0744. The molecule has 48 heavy (non-hydrogen) atoms. The lowest BCUT2D eigenvalue weighted by Gasteiger charge is -2.14. The van der Waals surface area contributed by atoms with Crippen molar-refractivity contribution < 1.29 is 29.4 Å². The maximum atomic E-state index is 12.3. The Kier molecular flexibility index (Phi) is 15.9. The van der Waals surface area contributed by atoms with Crippen LogP contribution in [0.25, 0.3) is 0 Å². The highest BCUT2D eigenvalue weighted by Gasteiger charge is 2.21. The van der Waals surface area contributed by atoms with Crippen molar-refractivity contribution in [1.82, 2.24) is 30.6 Å². The average molecular weight is 697 g/mol. The van der Waals surface area contributed by atoms with Crippen molar-refractivity contribution in [1.29, 1.82) is 0 Å². The molecule has 2 amide bonds. The molecule has 0 spiro atoms. The van der Waals surface area contributed by atoms with Crippen LogP contribution in [0, 0.1) is 0 Å². The van der Waals surface area contributed by atoms with Crippen LogP contribution in [-0.2, 0) is 22.7 Å². The summed E-state index contributed by atoms with van der Waals surface area (Å²) >= 11 is 3.09. The Balaban J connectivity index is 0.000000260. The largest absolute Gasteiger partial charge is 0.480 e. The van der Waals surface area contributed by atoms with Gasteiger partial charge in [-0.05, 0) is 79.3 Å². The molecular weight excluding hydrogens is 657 g/mol. The van der Waals surface area contributed by atoms with Crippen LogP contribution in [0.3, 0.4) is 0 Å². The number of amides is 2. The molecule has 0 aliphatic rings. The van der Waals surface area contributed by atoms with Gasteiger partial charge in [-0.1, -0.05) is 6.07 Å². The molecule has 8 N–H and O–H groups in total. The first kappa shape index (κ1) is 37.5. The summed E-state index contributed by atoms with van der Waals surface area (Å²) in [7, 11) is 0. The fourth-order valence-corrected chi connectivity index (χ4v) is 5.08. The fourth-order valence-electron chi connectivity index (χ4n) is 4.14. The summed E-state index contributed by atoms with van der Waals surface area (Å²) in [5.41, 5.74) is 4.20. The minimum Gasteiger partial charge on any atom is -0.480 e. The van der Waals surface area contributed by atoms with Crippen molar-refractivity contribution in [3.05, 3.63) is 96.1 Å². The number of aliphatic carboxylic acids is 2. The minimum atomic E-state index is -1.02. The van der Waals surface area contributed by atoms with Crippen molar-refractivity contribution in [2.75, 3.05) is 34.7 Å². The smallest absolute Gasteiger partial charge is 0.326 e. The zero-order valence-corrected chi connectivity index (χ0v) is 28.2. The lowest BCUT2D eigenvalue weighted by molar-refractivity contribution is -0.140. The SMILES string of the molecule is CSCC[C@H](NC(=O)c1ccc(NCc2c[nH]cn2)cc1)C(=O)O.CSCC[C@H](NC(=O)c1cccc(NCc2c[nH]cn2)c1)C(=O)O. The normalized spacial score (nSPS) is 11.7. The summed E-state index contributed by atoms with van der Waals surface area (Å²) in [6.45, 7) is 1.10. The number of anilines is 2. The van der Waals surface area contributed by atoms with Crippen LogP contribution in [-0.4, -0.2) is 90.0 Å². The molecule has 0 radical (unpaired) electrons. The summed E-state index contributed by atoms with van der Waals surface area (Å²) < 4.78 is 0. The maximum Gasteiger partial charge on any atom is 0.326 e. The number of benzene rings is 2. The van der Waals surface area contributed by atoms with Gasteiger partial charge in [0.05, 0.1) is 37.1 Å². The number of carbonyl (C=O) groups is 4. The number of carbonyl (C=O) groups excluding carboxylic acids is 2. The van der Waals surface area contributed by atoms with E-state index in [1.54, 1.807) is 91.0 Å². The number of H-pyrrole nitrogens is 2. The molecule has 2 atom stereocenters. The van der Waals surface area contributed by atoms with Crippen LogP contribution in [0.15, 0.2) is 73.6 Å². The second-order valence-electron chi connectivity index (χ2n) is 10.3. The average Bonchev–Trinajstić information content (AvgIpc) is 3.82. The van der Waals surface area contributed by atoms with Crippen molar-refractivity contribution in [2.24, 2.45) is 0 Å². The number of rotatable bonds is 18. The predicted octanol–water partition coefficient (Wildman–Crippen LogP) is 3.92. The molecule has 4 aromatic rings. The number of carboxylic acids is 2. The molecular formula is C32H40N8O6S2. The number of aromatic nitrogens is 4. The van der Waals surface area contributed by atoms with Crippen LogP contribution in [0.5, 0.6) is 0 Å². The molecule has 0 aliphatic carbocycles. The third-order valence-electron chi connectivity index (χ3n) is 6.76. The first-order valence-electron chi connectivity index (χ1n) is 14.9. The standard InChI is InChI=1S/2C16H20N4O3S/c1-24-7-6-14(16(22)23)20-15(21)11-2-4-12(5-3-11)18-9-13-8-17-10-19-13;1-24-6-5-14(16(22)23)20-15(21)11-3-2-4-12(7-11)18-9-13-8-17-10-19-13/h2-5,8,10,14,18H,6-7,9H2,1H3,(H,17,19)(H,20,21)(H,22,23);2-4,7-8,10,14,18H,5-6,9H2,1H3,(H,17,19)(H,20,21)(H,22,23)/t2*14-/m00/s1. The number of aromatic amines is 2. The molecule has 2 aromatic heterocycles. The van der Waals surface area contributed by atoms with Gasteiger partial charge in [0.25, 0.3) is 11.8 Å². The van der Waals surface area contributed by atoms with E-state index in [4.69, 9.17) is 5.11 Å². The van der Waals surface area contributed by atoms with E-state index in [1.807, 2.05) is 18.6 Å². The van der Waals surface area contributed by atoms with Gasteiger partial charge >= 0.3 is 11.9 Å². The van der Waals surface area contributed by atoms with Crippen molar-refractivity contribution in [3.63, 3.8) is 0 Å². The summed E-state index contributed by atoms with van der Waals surface area (Å²) in [6.07, 6.45) is 11.4. The number of imidazole rings is 2. The Morgan fingerprint density at radius 3 is 1.67 bits per heavy atom. The minimum absolute atomic E-state index is 0.387. The Bertz CT molecular complexity index is 1570. The maximum absolute atomic E-state index is 12.3. The second-order valence-corrected chi connectivity index (χ2v) is 12.2. The van der Waals surface area contributed by atoms with Gasteiger partial charge in [-0.15, -0.1) is 0 Å². The van der Waals surface area contributed by atoms with Crippen LogP contribution in [0.1, 0.15) is 44.9 Å². The zero-order valence-electron chi connectivity index (χ0n) is 26.6. The Morgan fingerprint density at radius 2 is 1.21 bits per heavy atom. The first-order chi connectivity index (χ1) is 23.2. The molecule has 256 valence electrons. The van der Waals surface area contributed by atoms with E-state index in [1.165, 1.54) is 0 Å². The molecule has 2 heterocycles. The summed E-state index contributed by atoms with van der Waals surface area (Å²) in [5, 5.41) is 29.8. The molecule has 14 nitrogen and oxygen atoms in total. The van der Waals surface area contributed by atoms with Crippen molar-refractivity contribution >= 4 is 58.7 Å². The van der Waals surface area contributed by atoms with Gasteiger partial charge in [0.15, 0.2) is 0 Å². The van der Waals surface area contributed by atoms with Crippen molar-refractivity contribution in [3.8, 4) is 0 Å². The van der Waals surface area contributed by atoms with E-state index in [0.29, 0.717) is 48.6 Å². The number of thioether (sulfide) groups is 2. The van der Waals surface area contributed by atoms with Gasteiger partial charge < -0.3 is 41.4 Å². The Hall–Kier alpha value is -4.96. The Labute approximate surface area is 286 Å². The topological polar surface area (TPSA) is 214 Å². The van der Waals surface area contributed by atoms with Gasteiger partial charge in [0.1, 0.15) is 12.1 Å². The number of hydrogen-bond donors (Lipinski definition) is 8. The lowest BCUT2D eigenvalue weighted by Crippen LogP contribution is -2.41. The van der Waals surface area contributed by atoms with E-state index in [-0.39, 0.29) is 5.91 Å². The molecule has 0 aliphatic heterocycles. The van der Waals surface area contributed by atoms with Crippen LogP contribution < -0.4 is 21.3 Å². The molecule has 0 bridgehead atoms. The molecule has 0 saturated heterocycles. The van der Waals surface area contributed by atoms with E-state index >= 15 is 0 Å². The summed E-state index contributed by atoms with van der Waals surface area (Å²) in [5.74, 6) is -1.48. The Morgan fingerprint density at radius 1 is 0.708 bits per heavy atom. The second kappa shape index (κ2) is 20.3. The van der Waals surface area contributed by atoms with Gasteiger partial charge in [-0.2, -0.15) is 23.5 Å². The highest BCUT2D eigenvalue weighted by atomic mass is 32.2. The van der Waals surface area contributed by atoms with E-state index in [9.17, 15) is 24.3 Å². The number of carboxylic acid groups (broad SMARTS) is 2. The zero-order chi connectivity index (χ0) is 34.7. The van der Waals surface area contributed by atoms with Crippen LogP contribution >= 0.6 is 23.5 Å². The van der Waals surface area contributed by atoms with E-state index < -0.39 is 29.9 Å². The van der Waals surface area contributed by atoms with E-state index in [2.05, 4.69) is 41.2 Å². The number of nitrogens with one attached hydrogen (secondary N) is 6. The first-order valence-corrected chi connectivity index (χ1v) is 17.7. The molecule has 0 saturated carbocycles. The highest BCUT2D eigenvalue weighted by Crippen LogP contribution is 2.14. The third-order valence-corrected chi connectivity index (χ3v) is 8.04. The highest BCUT2D eigenvalue weighted by molar-refractivity contribution is 7.98. The number of hydrogen-bond acceptors (Lipinski definition) is 10. The van der Waals surface area contributed by atoms with Crippen LogP contribution in [0.4, 0.5) is 11.4 Å². The van der Waals surface area contributed by atoms with Crippen LogP contribution in [0.2, 0.25) is 0 Å². The molecule has 2 aromatic carbocycles. The number of nitrogens with zero attached hydrogens (tertiary/aromatic N) is 2. The van der Waals surface area contributed by atoms with Crippen molar-refractivity contribution in [2.45, 2.75) is 38.0 Å². The molecule has 4 rings (SSSR count). The molecule has 0 fully saturated rings. The lowest BCUT2D eigenvalue weighted by atomic mass is 10.1. The summed E-state index contributed by atoms with van der Waals surface area (Å²) in [6, 6.07) is 12.1. The van der Waals surface area contributed by atoms with Gasteiger partial charge in [-0.3, -0.25) is 9.59 Å². The fraction of sp³-hybridized carbons (Fsp3) is 0.312. The predicted molar refractivity (Wildman–Crippen MR) is 188 cm³/mol. The van der Waals surface area contributed by atoms with Gasteiger partial charge in [0.2, 0.25) is 0 Å². The third kappa shape index (κ3) is 13.0. The van der Waals surface area contributed by atoms with Gasteiger partial charge in [-0.25, -0.2) is 19.6 Å². The summed E-state index contributed by atoms with van der Waals surface area (Å²) in [4.78, 5) is 60.8. The molecule has 0 unspecified atom stereocenters. The van der Waals surface area contributed by atoms with Gasteiger partial charge in [0, 0.05) is 34.9 Å². The monoisotopic (exact) mass is 696 g/mol.